The summed E-state index contributed by atoms with van der Waals surface area (Å²) in [6.07, 6.45) is 7.35. The Morgan fingerprint density at radius 1 is 0.741 bits per heavy atom. The lowest BCUT2D eigenvalue weighted by Crippen LogP contribution is -2.41. The average Bonchev–Trinajstić information content (AvgIpc) is 3.88. The molecule has 8 rings (SSSR count). The van der Waals surface area contributed by atoms with Crippen LogP contribution in [0, 0.1) is 5.92 Å². The largest absolute Gasteiger partial charge is 0.497 e. The molecular weight excluding hydrogens is 690 g/mol. The predicted molar refractivity (Wildman–Crippen MR) is 202 cm³/mol. The number of methoxy groups -OCH3 is 1. The Bertz CT molecular complexity index is 2100. The molecule has 1 unspecified atom stereocenters. The van der Waals surface area contributed by atoms with Crippen molar-refractivity contribution in [2.24, 2.45) is 5.92 Å². The molecule has 2 aromatic carbocycles. The summed E-state index contributed by atoms with van der Waals surface area (Å²) in [5, 5.41) is 20.3. The maximum absolute atomic E-state index is 6.21. The molecule has 0 amide bonds. The number of ether oxygens (including phenoxy) is 3. The van der Waals surface area contributed by atoms with Crippen LogP contribution >= 0.6 is 0 Å². The van der Waals surface area contributed by atoms with Gasteiger partial charge in [-0.2, -0.15) is 9.97 Å². The molecule has 2 aliphatic rings. The third kappa shape index (κ3) is 9.02. The third-order valence-electron chi connectivity index (χ3n) is 9.19. The maximum atomic E-state index is 6.21. The summed E-state index contributed by atoms with van der Waals surface area (Å²) < 4.78 is 27.9. The van der Waals surface area contributed by atoms with E-state index in [0.717, 1.165) is 74.6 Å². The molecule has 16 heteroatoms. The molecule has 16 nitrogen and oxygen atoms in total. The van der Waals surface area contributed by atoms with Crippen LogP contribution in [-0.2, 0) is 4.74 Å². The molecule has 0 bridgehead atoms. The van der Waals surface area contributed by atoms with Gasteiger partial charge in [0.05, 0.1) is 13.7 Å². The second kappa shape index (κ2) is 16.6. The second-order valence-electron chi connectivity index (χ2n) is 13.1. The van der Waals surface area contributed by atoms with Gasteiger partial charge in [0, 0.05) is 73.9 Å². The Labute approximate surface area is 311 Å². The van der Waals surface area contributed by atoms with Gasteiger partial charge >= 0.3 is 0 Å². The number of hydrogen-bond acceptors (Lipinski definition) is 16. The Morgan fingerprint density at radius 3 is 2.00 bits per heavy atom. The summed E-state index contributed by atoms with van der Waals surface area (Å²) in [7, 11) is 1.64. The van der Waals surface area contributed by atoms with Crippen LogP contribution in [-0.4, -0.2) is 81.3 Å². The van der Waals surface area contributed by atoms with Gasteiger partial charge in [-0.15, -0.1) is 0 Å². The lowest BCUT2D eigenvalue weighted by molar-refractivity contribution is 0.0903. The topological polar surface area (TPSA) is 183 Å². The Balaban J connectivity index is 0.801. The zero-order valence-corrected chi connectivity index (χ0v) is 29.8. The van der Waals surface area contributed by atoms with Crippen LogP contribution in [0.25, 0.3) is 22.5 Å². The average molecular weight is 732 g/mol. The molecule has 0 radical (unpaired) electrons. The molecular formula is C38H41N11O5. The van der Waals surface area contributed by atoms with Gasteiger partial charge < -0.3 is 39.2 Å². The quantitative estimate of drug-likeness (QED) is 0.0919. The molecule has 6 aromatic rings. The first kappa shape index (κ1) is 34.8. The smallest absolute Gasteiger partial charge is 0.239 e. The zero-order chi connectivity index (χ0) is 36.5. The monoisotopic (exact) mass is 731 g/mol. The summed E-state index contributed by atoms with van der Waals surface area (Å²) in [6, 6.07) is 23.0. The Hall–Kier alpha value is -6.26. The van der Waals surface area contributed by atoms with E-state index in [-0.39, 0.29) is 0 Å². The SMILES string of the molecule is COc1ccc(-c2cc(Nc3ccnc(NN4CCCC(COc5ccc(-c6cc(Nc7ccnc(NC8CCOCC8)n7)on6)cc5)C4)n3)on2)cc1. The minimum absolute atomic E-state index is 0.300. The Morgan fingerprint density at radius 2 is 1.35 bits per heavy atom. The van der Waals surface area contributed by atoms with Gasteiger partial charge in [0.25, 0.3) is 0 Å². The van der Waals surface area contributed by atoms with E-state index >= 15 is 0 Å². The number of piperidine rings is 1. The predicted octanol–water partition coefficient (Wildman–Crippen LogP) is 6.78. The van der Waals surface area contributed by atoms with Gasteiger partial charge in [-0.25, -0.2) is 15.0 Å². The van der Waals surface area contributed by atoms with Crippen LogP contribution in [0.2, 0.25) is 0 Å². The van der Waals surface area contributed by atoms with Crippen molar-refractivity contribution in [2.45, 2.75) is 31.7 Å². The van der Waals surface area contributed by atoms with E-state index in [4.69, 9.17) is 23.3 Å². The number of rotatable bonds is 14. The van der Waals surface area contributed by atoms with Gasteiger partial charge in [-0.1, -0.05) is 10.3 Å². The molecule has 0 saturated carbocycles. The molecule has 0 aliphatic carbocycles. The fraction of sp³-hybridized carbons (Fsp3) is 0.316. The van der Waals surface area contributed by atoms with Crippen molar-refractivity contribution in [3.05, 3.63) is 85.2 Å². The lowest BCUT2D eigenvalue weighted by atomic mass is 10.0. The summed E-state index contributed by atoms with van der Waals surface area (Å²) in [6.45, 7) is 3.74. The van der Waals surface area contributed by atoms with Crippen LogP contribution in [0.5, 0.6) is 11.5 Å². The number of aromatic nitrogens is 6. The standard InChI is InChI=1S/C38H41N11O5/c1-50-29-8-4-26(5-9-29)31-21-36(54-47-31)43-34-13-17-40-38(45-34)46-49-18-2-3-25(23-49)24-52-30-10-6-27(7-11-30)32-22-35(53-48-32)42-33-12-16-39-37(44-33)41-28-14-19-51-20-15-28/h4-13,16-17,21-22,25,28H,2-3,14-15,18-20,23-24H2,1H3,(H2,39,41,42,44)(H2,40,43,45,46). The highest BCUT2D eigenvalue weighted by molar-refractivity contribution is 5.65. The van der Waals surface area contributed by atoms with Gasteiger partial charge in [-0.3, -0.25) is 5.43 Å². The third-order valence-corrected chi connectivity index (χ3v) is 9.19. The number of anilines is 6. The van der Waals surface area contributed by atoms with E-state index in [1.807, 2.05) is 60.7 Å². The van der Waals surface area contributed by atoms with E-state index < -0.39 is 0 Å². The maximum Gasteiger partial charge on any atom is 0.239 e. The van der Waals surface area contributed by atoms with E-state index in [1.165, 1.54) is 0 Å². The number of benzene rings is 2. The van der Waals surface area contributed by atoms with Crippen LogP contribution in [0.3, 0.4) is 0 Å². The number of nitrogens with zero attached hydrogens (tertiary/aromatic N) is 7. The van der Waals surface area contributed by atoms with Crippen molar-refractivity contribution in [3.8, 4) is 34.0 Å². The first-order valence-corrected chi connectivity index (χ1v) is 18.0. The summed E-state index contributed by atoms with van der Waals surface area (Å²) >= 11 is 0. The van der Waals surface area contributed by atoms with Crippen molar-refractivity contribution in [1.82, 2.24) is 35.3 Å². The van der Waals surface area contributed by atoms with E-state index in [9.17, 15) is 0 Å². The van der Waals surface area contributed by atoms with Gasteiger partial charge in [0.2, 0.25) is 23.7 Å². The fourth-order valence-electron chi connectivity index (χ4n) is 6.34. The molecule has 2 aliphatic heterocycles. The van der Waals surface area contributed by atoms with Gasteiger partial charge in [0.15, 0.2) is 0 Å². The molecule has 2 saturated heterocycles. The minimum Gasteiger partial charge on any atom is -0.497 e. The molecule has 4 aromatic heterocycles. The molecule has 1 atom stereocenters. The second-order valence-corrected chi connectivity index (χ2v) is 13.1. The van der Waals surface area contributed by atoms with Crippen molar-refractivity contribution < 1.29 is 23.3 Å². The minimum atomic E-state index is 0.300. The van der Waals surface area contributed by atoms with E-state index in [2.05, 4.69) is 56.6 Å². The van der Waals surface area contributed by atoms with Crippen LogP contribution < -0.4 is 30.8 Å². The molecule has 6 heterocycles. The zero-order valence-electron chi connectivity index (χ0n) is 29.8. The fourth-order valence-corrected chi connectivity index (χ4v) is 6.34. The van der Waals surface area contributed by atoms with E-state index in [1.54, 1.807) is 31.6 Å². The van der Waals surface area contributed by atoms with Crippen LogP contribution in [0.1, 0.15) is 25.7 Å². The molecule has 278 valence electrons. The van der Waals surface area contributed by atoms with Crippen LogP contribution in [0.15, 0.2) is 94.2 Å². The van der Waals surface area contributed by atoms with Crippen molar-refractivity contribution in [2.75, 3.05) is 61.4 Å². The highest BCUT2D eigenvalue weighted by Crippen LogP contribution is 2.28. The summed E-state index contributed by atoms with van der Waals surface area (Å²) in [4.78, 5) is 18.0. The van der Waals surface area contributed by atoms with Crippen molar-refractivity contribution in [1.29, 1.82) is 0 Å². The molecule has 54 heavy (non-hydrogen) atoms. The normalized spacial score (nSPS) is 16.4. The number of hydrogen-bond donors (Lipinski definition) is 4. The number of hydrazine groups is 1. The molecule has 0 spiro atoms. The summed E-state index contributed by atoms with van der Waals surface area (Å²) in [5.74, 6) is 5.12. The summed E-state index contributed by atoms with van der Waals surface area (Å²) in [5.41, 5.74) is 6.60. The van der Waals surface area contributed by atoms with Crippen molar-refractivity contribution in [3.63, 3.8) is 0 Å². The molecule has 4 N–H and O–H groups in total. The number of nitrogens with one attached hydrogen (secondary N) is 4. The van der Waals surface area contributed by atoms with Crippen molar-refractivity contribution >= 4 is 35.3 Å². The first-order valence-electron chi connectivity index (χ1n) is 18.0. The van der Waals surface area contributed by atoms with E-state index in [0.29, 0.717) is 65.3 Å². The Kier molecular flexibility index (Phi) is 10.7. The van der Waals surface area contributed by atoms with Crippen LogP contribution in [0.4, 0.5) is 35.3 Å². The van der Waals surface area contributed by atoms with Gasteiger partial charge in [0.1, 0.15) is 34.5 Å². The lowest BCUT2D eigenvalue weighted by Gasteiger charge is -2.32. The first-order chi connectivity index (χ1) is 26.6. The van der Waals surface area contributed by atoms with Gasteiger partial charge in [-0.05, 0) is 86.3 Å². The highest BCUT2D eigenvalue weighted by atomic mass is 16.5. The highest BCUT2D eigenvalue weighted by Gasteiger charge is 2.22. The molecule has 2 fully saturated rings.